The molecular formula is C26H28N2O4S. The van der Waals surface area contributed by atoms with E-state index in [1.54, 1.807) is 38.4 Å². The van der Waals surface area contributed by atoms with Gasteiger partial charge in [0.05, 0.1) is 0 Å². The van der Waals surface area contributed by atoms with E-state index in [-0.39, 0.29) is 17.4 Å². The third kappa shape index (κ3) is 5.43. The van der Waals surface area contributed by atoms with Crippen molar-refractivity contribution in [2.75, 3.05) is 20.4 Å². The van der Waals surface area contributed by atoms with E-state index in [1.807, 2.05) is 30.3 Å². The smallest absolute Gasteiger partial charge is 0.253 e. The van der Waals surface area contributed by atoms with E-state index in [1.165, 1.54) is 22.3 Å². The number of rotatable bonds is 7. The number of carbonyl (C=O) groups excluding carboxylic acids is 1. The van der Waals surface area contributed by atoms with Gasteiger partial charge in [0, 0.05) is 45.5 Å². The van der Waals surface area contributed by atoms with Gasteiger partial charge in [-0.25, -0.2) is 8.42 Å². The zero-order valence-electron chi connectivity index (χ0n) is 19.1. The van der Waals surface area contributed by atoms with Crippen LogP contribution in [0.5, 0.6) is 5.75 Å². The molecule has 7 heteroatoms. The zero-order chi connectivity index (χ0) is 23.6. The number of hydrogen-bond donors (Lipinski definition) is 0. The van der Waals surface area contributed by atoms with Crippen molar-refractivity contribution in [1.82, 2.24) is 9.80 Å². The molecule has 3 aromatic carbocycles. The summed E-state index contributed by atoms with van der Waals surface area (Å²) in [5.74, 6) is 0.262. The van der Waals surface area contributed by atoms with E-state index in [0.717, 1.165) is 24.2 Å². The SMILES string of the molecule is CN(C)C(=O)c1ccc(COc2ccc(CN3Cc4ccccc4C3)cc2S(C)(=O)=O)cc1. The largest absolute Gasteiger partial charge is 0.488 e. The van der Waals surface area contributed by atoms with Gasteiger partial charge in [0.2, 0.25) is 0 Å². The van der Waals surface area contributed by atoms with E-state index < -0.39 is 9.84 Å². The fraction of sp³-hybridized carbons (Fsp3) is 0.269. The first-order valence-electron chi connectivity index (χ1n) is 10.8. The Labute approximate surface area is 195 Å². The first kappa shape index (κ1) is 23.0. The average molecular weight is 465 g/mol. The number of carbonyl (C=O) groups is 1. The predicted molar refractivity (Wildman–Crippen MR) is 128 cm³/mol. The van der Waals surface area contributed by atoms with Crippen LogP contribution in [0.4, 0.5) is 0 Å². The standard InChI is InChI=1S/C26H28N2O4S/c1-27(2)26(29)21-11-8-19(9-12-21)18-32-24-13-10-20(14-25(24)33(3,30)31)15-28-16-22-6-4-5-7-23(22)17-28/h4-14H,15-18H2,1-3H3. The van der Waals surface area contributed by atoms with Crippen LogP contribution in [-0.4, -0.2) is 44.5 Å². The number of amides is 1. The van der Waals surface area contributed by atoms with Gasteiger partial charge in [-0.1, -0.05) is 42.5 Å². The topological polar surface area (TPSA) is 66.9 Å². The van der Waals surface area contributed by atoms with Gasteiger partial charge in [-0.05, 0) is 46.5 Å². The highest BCUT2D eigenvalue weighted by atomic mass is 32.2. The molecule has 33 heavy (non-hydrogen) atoms. The minimum absolute atomic E-state index is 0.0708. The fourth-order valence-corrected chi connectivity index (χ4v) is 4.85. The Balaban J connectivity index is 1.47. The molecule has 0 atom stereocenters. The minimum Gasteiger partial charge on any atom is -0.488 e. The Morgan fingerprint density at radius 3 is 2.12 bits per heavy atom. The van der Waals surface area contributed by atoms with E-state index >= 15 is 0 Å². The molecule has 0 spiro atoms. The Bertz CT molecular complexity index is 1240. The van der Waals surface area contributed by atoms with Crippen molar-refractivity contribution in [3.8, 4) is 5.75 Å². The van der Waals surface area contributed by atoms with Crippen molar-refractivity contribution >= 4 is 15.7 Å². The Kier molecular flexibility index (Phi) is 6.54. The van der Waals surface area contributed by atoms with Gasteiger partial charge in [0.15, 0.2) is 9.84 Å². The molecule has 172 valence electrons. The molecule has 0 bridgehead atoms. The lowest BCUT2D eigenvalue weighted by molar-refractivity contribution is 0.0827. The molecule has 0 radical (unpaired) electrons. The fourth-order valence-electron chi connectivity index (χ4n) is 4.00. The Hall–Kier alpha value is -3.16. The summed E-state index contributed by atoms with van der Waals surface area (Å²) in [4.78, 5) is 16.0. The Morgan fingerprint density at radius 1 is 0.939 bits per heavy atom. The van der Waals surface area contributed by atoms with Crippen LogP contribution in [-0.2, 0) is 36.1 Å². The van der Waals surface area contributed by atoms with Gasteiger partial charge in [-0.3, -0.25) is 9.69 Å². The molecule has 0 saturated heterocycles. The number of hydrogen-bond acceptors (Lipinski definition) is 5. The van der Waals surface area contributed by atoms with Crippen molar-refractivity contribution in [3.05, 3.63) is 94.5 Å². The molecule has 0 saturated carbocycles. The third-order valence-electron chi connectivity index (χ3n) is 5.72. The maximum Gasteiger partial charge on any atom is 0.253 e. The molecule has 1 aliphatic heterocycles. The number of fused-ring (bicyclic) bond motifs is 1. The van der Waals surface area contributed by atoms with Crippen LogP contribution in [0, 0.1) is 0 Å². The summed E-state index contributed by atoms with van der Waals surface area (Å²) in [5, 5.41) is 0. The minimum atomic E-state index is -3.47. The molecule has 1 aliphatic rings. The van der Waals surface area contributed by atoms with Gasteiger partial charge in [0.25, 0.3) is 5.91 Å². The molecule has 0 fully saturated rings. The van der Waals surface area contributed by atoms with Crippen LogP contribution in [0.1, 0.15) is 32.6 Å². The molecule has 4 rings (SSSR count). The number of sulfone groups is 1. The quantitative estimate of drug-likeness (QED) is 0.531. The first-order chi connectivity index (χ1) is 15.7. The number of nitrogens with zero attached hydrogens (tertiary/aromatic N) is 2. The highest BCUT2D eigenvalue weighted by Crippen LogP contribution is 2.29. The molecular weight excluding hydrogens is 436 g/mol. The molecule has 6 nitrogen and oxygen atoms in total. The van der Waals surface area contributed by atoms with Gasteiger partial charge in [-0.15, -0.1) is 0 Å². The van der Waals surface area contributed by atoms with Gasteiger partial charge >= 0.3 is 0 Å². The van der Waals surface area contributed by atoms with Crippen LogP contribution in [0.25, 0.3) is 0 Å². The molecule has 1 heterocycles. The van der Waals surface area contributed by atoms with Crippen molar-refractivity contribution in [3.63, 3.8) is 0 Å². The van der Waals surface area contributed by atoms with Crippen LogP contribution in [0.3, 0.4) is 0 Å². The summed E-state index contributed by atoms with van der Waals surface area (Å²) in [6, 6.07) is 20.9. The van der Waals surface area contributed by atoms with Crippen LogP contribution < -0.4 is 4.74 Å². The highest BCUT2D eigenvalue weighted by molar-refractivity contribution is 7.90. The summed E-state index contributed by atoms with van der Waals surface area (Å²) in [5.41, 5.74) is 5.01. The molecule has 0 N–H and O–H groups in total. The summed E-state index contributed by atoms with van der Waals surface area (Å²) >= 11 is 0. The van der Waals surface area contributed by atoms with Crippen molar-refractivity contribution < 1.29 is 17.9 Å². The lowest BCUT2D eigenvalue weighted by atomic mass is 10.1. The zero-order valence-corrected chi connectivity index (χ0v) is 19.9. The van der Waals surface area contributed by atoms with Crippen molar-refractivity contribution in [2.45, 2.75) is 31.1 Å². The van der Waals surface area contributed by atoms with Gasteiger partial charge in [0.1, 0.15) is 17.3 Å². The lowest BCUT2D eigenvalue weighted by Crippen LogP contribution is -2.21. The number of ether oxygens (including phenoxy) is 1. The van der Waals surface area contributed by atoms with E-state index in [9.17, 15) is 13.2 Å². The lowest BCUT2D eigenvalue weighted by Gasteiger charge is -2.17. The van der Waals surface area contributed by atoms with E-state index in [4.69, 9.17) is 4.74 Å². The highest BCUT2D eigenvalue weighted by Gasteiger charge is 2.21. The second-order valence-corrected chi connectivity index (χ2v) is 10.6. The number of benzene rings is 3. The van der Waals surface area contributed by atoms with E-state index in [2.05, 4.69) is 17.0 Å². The molecule has 0 aromatic heterocycles. The summed E-state index contributed by atoms with van der Waals surface area (Å²) in [6.07, 6.45) is 1.20. The molecule has 1 amide bonds. The third-order valence-corrected chi connectivity index (χ3v) is 6.84. The second kappa shape index (κ2) is 9.37. The monoisotopic (exact) mass is 464 g/mol. The molecule has 3 aromatic rings. The van der Waals surface area contributed by atoms with Crippen LogP contribution >= 0.6 is 0 Å². The molecule has 0 aliphatic carbocycles. The van der Waals surface area contributed by atoms with Crippen LogP contribution in [0.15, 0.2) is 71.6 Å². The van der Waals surface area contributed by atoms with Crippen LogP contribution in [0.2, 0.25) is 0 Å². The van der Waals surface area contributed by atoms with Crippen molar-refractivity contribution in [2.24, 2.45) is 0 Å². The van der Waals surface area contributed by atoms with Gasteiger partial charge < -0.3 is 9.64 Å². The summed E-state index contributed by atoms with van der Waals surface area (Å²) in [6.45, 7) is 2.59. The van der Waals surface area contributed by atoms with Crippen molar-refractivity contribution in [1.29, 1.82) is 0 Å². The second-order valence-electron chi connectivity index (χ2n) is 8.65. The molecule has 0 unspecified atom stereocenters. The predicted octanol–water partition coefficient (Wildman–Crippen LogP) is 3.89. The average Bonchev–Trinajstić information content (AvgIpc) is 3.19. The maximum absolute atomic E-state index is 12.5. The summed E-state index contributed by atoms with van der Waals surface area (Å²) < 4.78 is 30.8. The van der Waals surface area contributed by atoms with Gasteiger partial charge in [-0.2, -0.15) is 0 Å². The first-order valence-corrected chi connectivity index (χ1v) is 12.7. The summed E-state index contributed by atoms with van der Waals surface area (Å²) in [7, 11) is -0.0555. The van der Waals surface area contributed by atoms with E-state index in [0.29, 0.717) is 17.9 Å². The maximum atomic E-state index is 12.5. The Morgan fingerprint density at radius 2 is 1.55 bits per heavy atom. The normalized spacial score (nSPS) is 13.5.